The Morgan fingerprint density at radius 3 is 2.32 bits per heavy atom. The van der Waals surface area contributed by atoms with E-state index in [0.717, 1.165) is 36.0 Å². The Morgan fingerprint density at radius 1 is 0.929 bits per heavy atom. The fourth-order valence-corrected chi connectivity index (χ4v) is 2.73. The number of aryl methyl sites for hydroxylation is 1. The zero-order valence-electron chi connectivity index (χ0n) is 14.5. The second-order valence-corrected chi connectivity index (χ2v) is 6.20. The van der Waals surface area contributed by atoms with Crippen molar-refractivity contribution in [2.45, 2.75) is 12.8 Å². The summed E-state index contributed by atoms with van der Waals surface area (Å²) in [4.78, 5) is 7.81. The average Bonchev–Trinajstić information content (AvgIpc) is 3.06. The molecule has 0 radical (unpaired) electrons. The quantitative estimate of drug-likeness (QED) is 0.493. The first kappa shape index (κ1) is 17.9. The van der Waals surface area contributed by atoms with Gasteiger partial charge in [-0.25, -0.2) is 18.7 Å². The van der Waals surface area contributed by atoms with E-state index in [4.69, 9.17) is 0 Å². The molecule has 0 fully saturated rings. The number of hydrogen-bond donors (Lipinski definition) is 2. The molecule has 2 N–H and O–H groups in total. The SMILES string of the molecule is Cc1cc(Nc2nc(C(F)(F)c3ccc(F)cc3)nc3cc(F)ccc23)n[nH]1. The number of hydrogen-bond acceptors (Lipinski definition) is 4. The fourth-order valence-electron chi connectivity index (χ4n) is 2.73. The van der Waals surface area contributed by atoms with Crippen molar-refractivity contribution in [3.8, 4) is 0 Å². The predicted molar refractivity (Wildman–Crippen MR) is 95.5 cm³/mol. The Bertz CT molecular complexity index is 1150. The van der Waals surface area contributed by atoms with E-state index in [1.165, 1.54) is 12.1 Å². The van der Waals surface area contributed by atoms with Gasteiger partial charge in [0.05, 0.1) is 5.52 Å². The topological polar surface area (TPSA) is 66.5 Å². The van der Waals surface area contributed by atoms with Crippen LogP contribution in [0.1, 0.15) is 17.1 Å². The van der Waals surface area contributed by atoms with E-state index in [0.29, 0.717) is 11.2 Å². The highest BCUT2D eigenvalue weighted by Gasteiger charge is 2.38. The first-order valence-corrected chi connectivity index (χ1v) is 8.23. The van der Waals surface area contributed by atoms with Crippen LogP contribution in [0.2, 0.25) is 0 Å². The number of fused-ring (bicyclic) bond motifs is 1. The monoisotopic (exact) mass is 387 g/mol. The Balaban J connectivity index is 1.87. The molecule has 28 heavy (non-hydrogen) atoms. The maximum absolute atomic E-state index is 15.0. The molecule has 0 atom stereocenters. The lowest BCUT2D eigenvalue weighted by molar-refractivity contribution is 0.0333. The van der Waals surface area contributed by atoms with Crippen LogP contribution in [0, 0.1) is 18.6 Å². The molecule has 4 aromatic rings. The number of nitrogens with zero attached hydrogens (tertiary/aromatic N) is 3. The number of aromatic amines is 1. The number of nitrogens with one attached hydrogen (secondary N) is 2. The van der Waals surface area contributed by atoms with Gasteiger partial charge in [0.25, 0.3) is 0 Å². The summed E-state index contributed by atoms with van der Waals surface area (Å²) in [5, 5.41) is 9.92. The number of alkyl halides is 2. The largest absolute Gasteiger partial charge is 0.331 e. The first-order valence-electron chi connectivity index (χ1n) is 8.23. The van der Waals surface area contributed by atoms with Gasteiger partial charge in [0.15, 0.2) is 5.82 Å². The van der Waals surface area contributed by atoms with Gasteiger partial charge in [-0.05, 0) is 43.3 Å². The Labute approximate surface area is 156 Å². The summed E-state index contributed by atoms with van der Waals surface area (Å²) in [5.74, 6) is -5.31. The minimum absolute atomic E-state index is 0.00143. The molecule has 2 heterocycles. The molecule has 2 aromatic carbocycles. The molecule has 0 aliphatic heterocycles. The molecule has 0 saturated carbocycles. The summed E-state index contributed by atoms with van der Waals surface area (Å²) in [6.07, 6.45) is 0. The van der Waals surface area contributed by atoms with Crippen LogP contribution >= 0.6 is 0 Å². The molecule has 0 spiro atoms. The third kappa shape index (κ3) is 3.26. The van der Waals surface area contributed by atoms with E-state index in [1.807, 2.05) is 0 Å². The van der Waals surface area contributed by atoms with Crippen LogP contribution in [0.5, 0.6) is 0 Å². The molecule has 0 saturated heterocycles. The minimum atomic E-state index is -3.62. The van der Waals surface area contributed by atoms with Gasteiger partial charge in [0.1, 0.15) is 17.5 Å². The highest BCUT2D eigenvalue weighted by molar-refractivity contribution is 5.90. The van der Waals surface area contributed by atoms with Gasteiger partial charge in [-0.15, -0.1) is 0 Å². The number of halogens is 4. The van der Waals surface area contributed by atoms with Crippen LogP contribution in [0.3, 0.4) is 0 Å². The van der Waals surface area contributed by atoms with Crippen molar-refractivity contribution >= 4 is 22.5 Å². The molecule has 9 heteroatoms. The van der Waals surface area contributed by atoms with Gasteiger partial charge in [-0.1, -0.05) is 0 Å². The molecule has 0 amide bonds. The Morgan fingerprint density at radius 2 is 1.64 bits per heavy atom. The zero-order valence-corrected chi connectivity index (χ0v) is 14.5. The third-order valence-electron chi connectivity index (χ3n) is 4.10. The third-order valence-corrected chi connectivity index (χ3v) is 4.10. The number of aromatic nitrogens is 4. The molecule has 4 rings (SSSR count). The normalized spacial score (nSPS) is 11.8. The molecule has 0 bridgehead atoms. The van der Waals surface area contributed by atoms with Gasteiger partial charge in [-0.3, -0.25) is 5.10 Å². The van der Waals surface area contributed by atoms with Crippen molar-refractivity contribution in [1.29, 1.82) is 0 Å². The summed E-state index contributed by atoms with van der Waals surface area (Å²) in [6, 6.07) is 9.05. The predicted octanol–water partition coefficient (Wildman–Crippen LogP) is 4.82. The van der Waals surface area contributed by atoms with E-state index in [2.05, 4.69) is 25.5 Å². The maximum atomic E-state index is 15.0. The Kier molecular flexibility index (Phi) is 4.21. The smallest absolute Gasteiger partial charge is 0.323 e. The average molecular weight is 387 g/mol. The second-order valence-electron chi connectivity index (χ2n) is 6.20. The number of rotatable bonds is 4. The number of anilines is 2. The summed E-state index contributed by atoms with van der Waals surface area (Å²) < 4.78 is 56.7. The van der Waals surface area contributed by atoms with E-state index in [-0.39, 0.29) is 11.3 Å². The van der Waals surface area contributed by atoms with E-state index >= 15 is 0 Å². The van der Waals surface area contributed by atoms with Crippen LogP contribution in [0.4, 0.5) is 29.2 Å². The van der Waals surface area contributed by atoms with E-state index in [1.54, 1.807) is 13.0 Å². The van der Waals surface area contributed by atoms with Crippen LogP contribution < -0.4 is 5.32 Å². The Hall–Kier alpha value is -3.49. The van der Waals surface area contributed by atoms with Crippen LogP contribution in [0.25, 0.3) is 10.9 Å². The lowest BCUT2D eigenvalue weighted by atomic mass is 10.1. The summed E-state index contributed by atoms with van der Waals surface area (Å²) in [5.41, 5.74) is 0.275. The zero-order chi connectivity index (χ0) is 19.9. The molecule has 0 aliphatic rings. The fraction of sp³-hybridized carbons (Fsp3) is 0.105. The van der Waals surface area contributed by atoms with Gasteiger partial charge >= 0.3 is 5.92 Å². The molecule has 5 nitrogen and oxygen atoms in total. The van der Waals surface area contributed by atoms with Crippen molar-refractivity contribution in [2.75, 3.05) is 5.32 Å². The van der Waals surface area contributed by atoms with E-state index in [9.17, 15) is 17.6 Å². The molecule has 0 unspecified atom stereocenters. The van der Waals surface area contributed by atoms with Crippen molar-refractivity contribution in [3.63, 3.8) is 0 Å². The minimum Gasteiger partial charge on any atom is -0.323 e. The van der Waals surface area contributed by atoms with Crippen LogP contribution in [0.15, 0.2) is 48.5 Å². The van der Waals surface area contributed by atoms with Crippen molar-refractivity contribution in [3.05, 3.63) is 77.2 Å². The van der Waals surface area contributed by atoms with Crippen LogP contribution in [-0.2, 0) is 5.92 Å². The summed E-state index contributed by atoms with van der Waals surface area (Å²) in [6.45, 7) is 1.78. The van der Waals surface area contributed by atoms with Gasteiger partial charge in [-0.2, -0.15) is 13.9 Å². The summed E-state index contributed by atoms with van der Waals surface area (Å²) in [7, 11) is 0. The molecule has 2 aromatic heterocycles. The maximum Gasteiger partial charge on any atom is 0.331 e. The molecule has 142 valence electrons. The number of H-pyrrole nitrogens is 1. The standard InChI is InChI=1S/C19H13F4N5/c1-10-8-16(28-27-10)25-17-14-7-6-13(21)9-15(14)24-18(26-17)19(22,23)11-2-4-12(20)5-3-11/h2-9H,1H3,(H2,24,25,26,27,28). The molecular formula is C19H13F4N5. The number of benzene rings is 2. The highest BCUT2D eigenvalue weighted by Crippen LogP contribution is 2.36. The van der Waals surface area contributed by atoms with E-state index < -0.39 is 28.9 Å². The van der Waals surface area contributed by atoms with Gasteiger partial charge < -0.3 is 5.32 Å². The van der Waals surface area contributed by atoms with Gasteiger partial charge in [0.2, 0.25) is 5.82 Å². The van der Waals surface area contributed by atoms with Gasteiger partial charge in [0, 0.05) is 28.8 Å². The van der Waals surface area contributed by atoms with Crippen molar-refractivity contribution in [2.24, 2.45) is 0 Å². The van der Waals surface area contributed by atoms with Crippen molar-refractivity contribution < 1.29 is 17.6 Å². The summed E-state index contributed by atoms with van der Waals surface area (Å²) >= 11 is 0. The van der Waals surface area contributed by atoms with Crippen molar-refractivity contribution in [1.82, 2.24) is 20.2 Å². The highest BCUT2D eigenvalue weighted by atomic mass is 19.3. The molecule has 0 aliphatic carbocycles. The molecular weight excluding hydrogens is 374 g/mol. The first-order chi connectivity index (χ1) is 13.3. The van der Waals surface area contributed by atoms with Crippen LogP contribution in [-0.4, -0.2) is 20.2 Å². The second kappa shape index (κ2) is 6.59. The lowest BCUT2D eigenvalue weighted by Gasteiger charge is -2.17. The lowest BCUT2D eigenvalue weighted by Crippen LogP contribution is -2.20.